The van der Waals surface area contributed by atoms with Crippen LogP contribution in [-0.4, -0.2) is 79.3 Å². The van der Waals surface area contributed by atoms with Crippen LogP contribution in [0.5, 0.6) is 0 Å². The normalized spacial score (nSPS) is 29.4. The van der Waals surface area contributed by atoms with Gasteiger partial charge in [-0.05, 0) is 85.2 Å². The van der Waals surface area contributed by atoms with Crippen LogP contribution in [0.3, 0.4) is 0 Å². The highest BCUT2D eigenvalue weighted by Gasteiger charge is 2.51. The van der Waals surface area contributed by atoms with E-state index < -0.39 is 11.2 Å². The minimum Gasteiger partial charge on any atom is -0.389 e. The summed E-state index contributed by atoms with van der Waals surface area (Å²) in [5.74, 6) is 1.97. The number of nitriles is 1. The first-order valence-electron chi connectivity index (χ1n) is 17.1. The van der Waals surface area contributed by atoms with Crippen molar-refractivity contribution in [1.29, 1.82) is 5.26 Å². The second-order valence-corrected chi connectivity index (χ2v) is 15.8. The molecule has 3 N–H and O–H groups in total. The van der Waals surface area contributed by atoms with E-state index in [9.17, 15) is 10.4 Å². The molecular weight excluding hydrogens is 615 g/mol. The zero-order valence-corrected chi connectivity index (χ0v) is 28.1. The molecule has 0 saturated carbocycles. The van der Waals surface area contributed by atoms with Crippen LogP contribution in [0.1, 0.15) is 97.9 Å². The van der Waals surface area contributed by atoms with E-state index in [2.05, 4.69) is 39.7 Å². The summed E-state index contributed by atoms with van der Waals surface area (Å²) in [6, 6.07) is 3.09. The second-order valence-electron chi connectivity index (χ2n) is 14.6. The molecule has 8 heterocycles. The lowest BCUT2D eigenvalue weighted by Crippen LogP contribution is -2.51. The van der Waals surface area contributed by atoms with Crippen molar-refractivity contribution in [2.75, 3.05) is 37.4 Å². The van der Waals surface area contributed by atoms with Crippen molar-refractivity contribution in [2.24, 2.45) is 0 Å². The summed E-state index contributed by atoms with van der Waals surface area (Å²) < 4.78 is 15.0. The number of ether oxygens (including phenoxy) is 1. The highest BCUT2D eigenvalue weighted by molar-refractivity contribution is 7.16. The number of nitrogens with two attached hydrogens (primary N) is 1. The first-order valence-corrected chi connectivity index (χ1v) is 17.9. The van der Waals surface area contributed by atoms with Crippen LogP contribution < -0.4 is 10.6 Å². The summed E-state index contributed by atoms with van der Waals surface area (Å²) in [5, 5.41) is 32.9. The third-order valence-electron chi connectivity index (χ3n) is 11.6. The molecule has 9 rings (SSSR count). The van der Waals surface area contributed by atoms with Crippen LogP contribution >= 0.6 is 11.3 Å². The third kappa shape index (κ3) is 4.27. The van der Waals surface area contributed by atoms with E-state index in [0.29, 0.717) is 59.9 Å². The van der Waals surface area contributed by atoms with E-state index in [-0.39, 0.29) is 12.1 Å². The molecule has 4 aliphatic heterocycles. The summed E-state index contributed by atoms with van der Waals surface area (Å²) in [6.45, 7) is 6.22. The molecule has 4 aromatic rings. The summed E-state index contributed by atoms with van der Waals surface area (Å²) in [7, 11) is 2.20. The molecule has 0 radical (unpaired) electrons. The molecule has 2 saturated heterocycles. The molecule has 2 fully saturated rings. The zero-order chi connectivity index (χ0) is 32.2. The number of likely N-dealkylation sites (N-methyl/N-ethyl adjacent to an activating group) is 1. The molecule has 5 aliphatic rings. The Labute approximate surface area is 277 Å². The van der Waals surface area contributed by atoms with Crippen molar-refractivity contribution in [2.45, 2.75) is 107 Å². The standard InChI is InChI=1S/C34H41N9O3S/c1-18(23-6-5-14-41(23)3)43-32-25-22(39-43)9-8-19-10-13-33(2,44)17-42(19)31(25)37-30(38-32)27-20-11-15-45-34(28(20)46-40-27)12-4-7-24-26(34)21(16-35)29(36)47-24/h18-19,23,44H,4-15,17,36H2,1-3H3. The van der Waals surface area contributed by atoms with Crippen molar-refractivity contribution in [1.82, 2.24) is 29.8 Å². The molecule has 5 unspecified atom stereocenters. The van der Waals surface area contributed by atoms with Crippen LogP contribution in [-0.2, 0) is 29.6 Å². The van der Waals surface area contributed by atoms with Gasteiger partial charge in [0.2, 0.25) is 0 Å². The molecule has 12 nitrogen and oxygen atoms in total. The average Bonchev–Trinajstić information content (AvgIpc) is 3.82. The largest absolute Gasteiger partial charge is 0.389 e. The van der Waals surface area contributed by atoms with Gasteiger partial charge in [0.1, 0.15) is 16.9 Å². The molecule has 0 amide bonds. The fourth-order valence-electron chi connectivity index (χ4n) is 9.26. The van der Waals surface area contributed by atoms with Crippen LogP contribution in [0.25, 0.3) is 22.6 Å². The maximum Gasteiger partial charge on any atom is 0.186 e. The fraction of sp³-hybridized carbons (Fsp3) is 0.618. The highest BCUT2D eigenvalue weighted by Crippen LogP contribution is 2.53. The van der Waals surface area contributed by atoms with Crippen molar-refractivity contribution >= 4 is 33.2 Å². The number of aryl methyl sites for hydroxylation is 2. The van der Waals surface area contributed by atoms with Gasteiger partial charge in [0.25, 0.3) is 0 Å². The quantitative estimate of drug-likeness (QED) is 0.321. The van der Waals surface area contributed by atoms with Gasteiger partial charge in [-0.15, -0.1) is 11.3 Å². The van der Waals surface area contributed by atoms with Gasteiger partial charge in [-0.2, -0.15) is 10.4 Å². The van der Waals surface area contributed by atoms with Crippen molar-refractivity contribution < 1.29 is 14.4 Å². The number of rotatable bonds is 3. The number of hydrogen-bond donors (Lipinski definition) is 2. The van der Waals surface area contributed by atoms with Crippen molar-refractivity contribution in [3.8, 4) is 17.6 Å². The molecule has 1 spiro atoms. The molecule has 0 aromatic carbocycles. The monoisotopic (exact) mass is 655 g/mol. The van der Waals surface area contributed by atoms with Gasteiger partial charge < -0.3 is 29.9 Å². The maximum atomic E-state index is 11.3. The number of likely N-dealkylation sites (tertiary alicyclic amines) is 1. The van der Waals surface area contributed by atoms with E-state index >= 15 is 0 Å². The van der Waals surface area contributed by atoms with E-state index in [0.717, 1.165) is 90.0 Å². The Morgan fingerprint density at radius 2 is 2.02 bits per heavy atom. The number of thiophene rings is 1. The van der Waals surface area contributed by atoms with Gasteiger partial charge in [0, 0.05) is 41.1 Å². The predicted molar refractivity (Wildman–Crippen MR) is 177 cm³/mol. The lowest BCUT2D eigenvalue weighted by Gasteiger charge is -2.43. The first kappa shape index (κ1) is 29.6. The smallest absolute Gasteiger partial charge is 0.186 e. The lowest BCUT2D eigenvalue weighted by molar-refractivity contribution is -0.0580. The van der Waals surface area contributed by atoms with Crippen molar-refractivity contribution in [3.63, 3.8) is 0 Å². The number of anilines is 2. The number of hydrogen-bond acceptors (Lipinski definition) is 12. The van der Waals surface area contributed by atoms with E-state index in [1.807, 2.05) is 6.92 Å². The predicted octanol–water partition coefficient (Wildman–Crippen LogP) is 4.47. The van der Waals surface area contributed by atoms with Crippen molar-refractivity contribution in [3.05, 3.63) is 33.0 Å². The van der Waals surface area contributed by atoms with E-state index in [1.54, 1.807) is 0 Å². The minimum atomic E-state index is -0.908. The maximum absolute atomic E-state index is 11.3. The molecule has 5 atom stereocenters. The summed E-state index contributed by atoms with van der Waals surface area (Å²) in [6.07, 6.45) is 8.79. The van der Waals surface area contributed by atoms with Gasteiger partial charge in [-0.25, -0.2) is 14.6 Å². The summed E-state index contributed by atoms with van der Waals surface area (Å²) in [4.78, 5) is 16.4. The Morgan fingerprint density at radius 3 is 2.83 bits per heavy atom. The van der Waals surface area contributed by atoms with Crippen LogP contribution in [0.15, 0.2) is 4.52 Å². The Kier molecular flexibility index (Phi) is 6.58. The van der Waals surface area contributed by atoms with Gasteiger partial charge in [0.15, 0.2) is 28.5 Å². The van der Waals surface area contributed by atoms with Crippen LogP contribution in [0.4, 0.5) is 10.8 Å². The molecular formula is C34H41N9O3S. The molecule has 13 heteroatoms. The minimum absolute atomic E-state index is 0.117. The first-order chi connectivity index (χ1) is 22.7. The molecule has 4 aromatic heterocycles. The van der Waals surface area contributed by atoms with Gasteiger partial charge in [-0.1, -0.05) is 5.16 Å². The Hall–Kier alpha value is -3.57. The SMILES string of the molecule is CC(C1CCCN1C)n1nc2c3c(nc(-c4noc5c4CCOC54CCCc5sc(N)c(C#N)c54)nc31)N1CC(C)(O)CCC1CC2. The fourth-order valence-corrected chi connectivity index (χ4v) is 10.4. The Bertz CT molecular complexity index is 1950. The highest BCUT2D eigenvalue weighted by atomic mass is 32.1. The van der Waals surface area contributed by atoms with E-state index in [4.69, 9.17) is 30.1 Å². The molecule has 1 aliphatic carbocycles. The summed E-state index contributed by atoms with van der Waals surface area (Å²) >= 11 is 1.48. The summed E-state index contributed by atoms with van der Waals surface area (Å²) in [5.41, 5.74) is 9.34. The van der Waals surface area contributed by atoms with Gasteiger partial charge in [0.05, 0.1) is 34.9 Å². The van der Waals surface area contributed by atoms with Gasteiger partial charge >= 0.3 is 0 Å². The Morgan fingerprint density at radius 1 is 1.15 bits per heavy atom. The number of nitrogens with zero attached hydrogens (tertiary/aromatic N) is 8. The van der Waals surface area contributed by atoms with Crippen LogP contribution in [0, 0.1) is 11.3 Å². The van der Waals surface area contributed by atoms with Crippen LogP contribution in [0.2, 0.25) is 0 Å². The van der Waals surface area contributed by atoms with E-state index in [1.165, 1.54) is 17.8 Å². The topological polar surface area (TPSA) is 155 Å². The number of nitrogen functional groups attached to an aromatic ring is 1. The number of aliphatic hydroxyl groups is 1. The van der Waals surface area contributed by atoms with Gasteiger partial charge in [-0.3, -0.25) is 0 Å². The zero-order valence-electron chi connectivity index (χ0n) is 27.3. The number of piperidine rings is 1. The molecule has 0 bridgehead atoms. The average molecular weight is 656 g/mol. The number of aromatic nitrogens is 5. The Balaban J connectivity index is 1.24. The number of fused-ring (bicyclic) bond motifs is 6. The molecule has 47 heavy (non-hydrogen) atoms. The second kappa shape index (κ2) is 10.5. The third-order valence-corrected chi connectivity index (χ3v) is 12.7. The lowest BCUT2D eigenvalue weighted by atomic mass is 9.76. The molecule has 246 valence electrons.